The van der Waals surface area contributed by atoms with Gasteiger partial charge in [-0.25, -0.2) is 0 Å². The number of halogens is 2. The summed E-state index contributed by atoms with van der Waals surface area (Å²) in [6.45, 7) is 3.23. The van der Waals surface area contributed by atoms with Crippen molar-refractivity contribution in [3.05, 3.63) is 29.8 Å². The summed E-state index contributed by atoms with van der Waals surface area (Å²) in [5, 5.41) is 8.99. The summed E-state index contributed by atoms with van der Waals surface area (Å²) >= 11 is 0.466. The molecule has 0 atom stereocenters. The SMILES string of the molecule is CC(C)(Cc1cccc(SC(F)F)c1)C(=O)O. The molecule has 1 aromatic carbocycles. The van der Waals surface area contributed by atoms with Crippen LogP contribution in [-0.2, 0) is 11.2 Å². The molecule has 0 bridgehead atoms. The molecule has 2 nitrogen and oxygen atoms in total. The van der Waals surface area contributed by atoms with Gasteiger partial charge in [0.15, 0.2) is 0 Å². The summed E-state index contributed by atoms with van der Waals surface area (Å²) in [6.07, 6.45) is 0.319. The number of hydrogen-bond donors (Lipinski definition) is 1. The summed E-state index contributed by atoms with van der Waals surface area (Å²) in [4.78, 5) is 11.4. The van der Waals surface area contributed by atoms with Gasteiger partial charge in [-0.15, -0.1) is 0 Å². The largest absolute Gasteiger partial charge is 0.481 e. The highest BCUT2D eigenvalue weighted by Gasteiger charge is 2.27. The quantitative estimate of drug-likeness (QED) is 0.821. The molecule has 0 saturated carbocycles. The third kappa shape index (κ3) is 4.34. The summed E-state index contributed by atoms with van der Waals surface area (Å²) in [5.41, 5.74) is -0.142. The molecular formula is C12H14F2O2S. The van der Waals surface area contributed by atoms with E-state index in [0.717, 1.165) is 5.56 Å². The second-order valence-electron chi connectivity index (χ2n) is 4.39. The van der Waals surface area contributed by atoms with Crippen LogP contribution in [0.4, 0.5) is 8.78 Å². The Bertz CT molecular complexity index is 405. The van der Waals surface area contributed by atoms with Crippen LogP contribution in [0.3, 0.4) is 0 Å². The van der Waals surface area contributed by atoms with Crippen LogP contribution in [0.15, 0.2) is 29.2 Å². The predicted molar refractivity (Wildman–Crippen MR) is 63.4 cm³/mol. The molecule has 0 aliphatic carbocycles. The lowest BCUT2D eigenvalue weighted by Gasteiger charge is -2.19. The first kappa shape index (κ1) is 14.0. The Labute approximate surface area is 103 Å². The van der Waals surface area contributed by atoms with E-state index in [1.165, 1.54) is 0 Å². The molecule has 0 amide bonds. The molecule has 1 aromatic rings. The van der Waals surface area contributed by atoms with Crippen LogP contribution in [0.25, 0.3) is 0 Å². The number of benzene rings is 1. The molecule has 0 aliphatic rings. The van der Waals surface area contributed by atoms with Gasteiger partial charge in [-0.3, -0.25) is 4.79 Å². The van der Waals surface area contributed by atoms with Crippen molar-refractivity contribution in [2.75, 3.05) is 0 Å². The topological polar surface area (TPSA) is 37.3 Å². The van der Waals surface area contributed by atoms with Crippen molar-refractivity contribution in [3.8, 4) is 0 Å². The molecular weight excluding hydrogens is 246 g/mol. The smallest absolute Gasteiger partial charge is 0.309 e. The summed E-state index contributed by atoms with van der Waals surface area (Å²) in [6, 6.07) is 6.62. The van der Waals surface area contributed by atoms with Crippen LogP contribution in [0.5, 0.6) is 0 Å². The number of carboxylic acid groups (broad SMARTS) is 1. The van der Waals surface area contributed by atoms with Crippen LogP contribution in [0.1, 0.15) is 19.4 Å². The van der Waals surface area contributed by atoms with Crippen molar-refractivity contribution >= 4 is 17.7 Å². The highest BCUT2D eigenvalue weighted by atomic mass is 32.2. The van der Waals surface area contributed by atoms with E-state index in [9.17, 15) is 13.6 Å². The van der Waals surface area contributed by atoms with Crippen LogP contribution in [0.2, 0.25) is 0 Å². The maximum Gasteiger partial charge on any atom is 0.309 e. The van der Waals surface area contributed by atoms with E-state index in [4.69, 9.17) is 5.11 Å². The first-order valence-electron chi connectivity index (χ1n) is 5.08. The average Bonchev–Trinajstić information content (AvgIpc) is 2.15. The van der Waals surface area contributed by atoms with Gasteiger partial charge in [0.05, 0.1) is 5.41 Å². The molecule has 1 rings (SSSR count). The first-order chi connectivity index (χ1) is 7.81. The third-order valence-electron chi connectivity index (χ3n) is 2.35. The standard InChI is InChI=1S/C12H14F2O2S/c1-12(2,10(15)16)7-8-4-3-5-9(6-8)17-11(13)14/h3-6,11H,7H2,1-2H3,(H,15,16). The minimum atomic E-state index is -2.46. The van der Waals surface area contributed by atoms with Crippen LogP contribution in [-0.4, -0.2) is 16.8 Å². The number of rotatable bonds is 5. The zero-order valence-corrected chi connectivity index (χ0v) is 10.4. The molecule has 1 N–H and O–H groups in total. The molecule has 0 heterocycles. The lowest BCUT2D eigenvalue weighted by molar-refractivity contribution is -0.146. The number of carbonyl (C=O) groups is 1. The van der Waals surface area contributed by atoms with E-state index in [1.54, 1.807) is 38.1 Å². The number of carboxylic acids is 1. The summed E-state index contributed by atoms with van der Waals surface area (Å²) in [5.74, 6) is -3.36. The first-order valence-corrected chi connectivity index (χ1v) is 5.96. The Hall–Kier alpha value is -1.10. The van der Waals surface area contributed by atoms with Crippen molar-refractivity contribution < 1.29 is 18.7 Å². The predicted octanol–water partition coefficient (Wildman–Crippen LogP) is 3.65. The molecule has 17 heavy (non-hydrogen) atoms. The van der Waals surface area contributed by atoms with Crippen LogP contribution >= 0.6 is 11.8 Å². The van der Waals surface area contributed by atoms with Gasteiger partial charge in [-0.2, -0.15) is 8.78 Å². The normalized spacial score (nSPS) is 11.8. The number of alkyl halides is 2. The maximum absolute atomic E-state index is 12.2. The zero-order chi connectivity index (χ0) is 13.1. The fourth-order valence-corrected chi connectivity index (χ4v) is 2.00. The minimum Gasteiger partial charge on any atom is -0.481 e. The monoisotopic (exact) mass is 260 g/mol. The van der Waals surface area contributed by atoms with Crippen molar-refractivity contribution in [2.24, 2.45) is 5.41 Å². The van der Waals surface area contributed by atoms with E-state index in [2.05, 4.69) is 0 Å². The van der Waals surface area contributed by atoms with Gasteiger partial charge >= 0.3 is 5.97 Å². The van der Waals surface area contributed by atoms with Crippen molar-refractivity contribution in [1.82, 2.24) is 0 Å². The fraction of sp³-hybridized carbons (Fsp3) is 0.417. The van der Waals surface area contributed by atoms with Gasteiger partial charge in [0.25, 0.3) is 5.76 Å². The van der Waals surface area contributed by atoms with Gasteiger partial charge < -0.3 is 5.11 Å². The van der Waals surface area contributed by atoms with E-state index in [-0.39, 0.29) is 0 Å². The maximum atomic E-state index is 12.2. The molecule has 0 saturated heterocycles. The fourth-order valence-electron chi connectivity index (χ4n) is 1.42. The zero-order valence-electron chi connectivity index (χ0n) is 9.61. The van der Waals surface area contributed by atoms with Crippen LogP contribution < -0.4 is 0 Å². The van der Waals surface area contributed by atoms with E-state index < -0.39 is 17.1 Å². The molecule has 0 aliphatic heterocycles. The van der Waals surface area contributed by atoms with Crippen molar-refractivity contribution in [3.63, 3.8) is 0 Å². The third-order valence-corrected chi connectivity index (χ3v) is 3.05. The second-order valence-corrected chi connectivity index (χ2v) is 5.46. The molecule has 0 fully saturated rings. The molecule has 0 spiro atoms. The lowest BCUT2D eigenvalue weighted by atomic mass is 9.86. The average molecular weight is 260 g/mol. The van der Waals surface area contributed by atoms with E-state index in [0.29, 0.717) is 23.1 Å². The van der Waals surface area contributed by atoms with Gasteiger partial charge in [0.1, 0.15) is 0 Å². The number of thioether (sulfide) groups is 1. The Morgan fingerprint density at radius 2 is 2.12 bits per heavy atom. The Balaban J connectivity index is 2.82. The lowest BCUT2D eigenvalue weighted by Crippen LogP contribution is -2.26. The number of hydrogen-bond acceptors (Lipinski definition) is 2. The van der Waals surface area contributed by atoms with Gasteiger partial charge in [0, 0.05) is 4.90 Å². The Morgan fingerprint density at radius 3 is 2.65 bits per heavy atom. The van der Waals surface area contributed by atoms with Crippen molar-refractivity contribution in [1.29, 1.82) is 0 Å². The second kappa shape index (κ2) is 5.49. The molecule has 94 valence electrons. The molecule has 0 radical (unpaired) electrons. The molecule has 0 aromatic heterocycles. The highest BCUT2D eigenvalue weighted by molar-refractivity contribution is 7.99. The van der Waals surface area contributed by atoms with Gasteiger partial charge in [0.2, 0.25) is 0 Å². The van der Waals surface area contributed by atoms with Gasteiger partial charge in [-0.1, -0.05) is 23.9 Å². The highest BCUT2D eigenvalue weighted by Crippen LogP contribution is 2.28. The van der Waals surface area contributed by atoms with Crippen molar-refractivity contribution in [2.45, 2.75) is 30.9 Å². The van der Waals surface area contributed by atoms with E-state index >= 15 is 0 Å². The summed E-state index contributed by atoms with van der Waals surface area (Å²) in [7, 11) is 0. The van der Waals surface area contributed by atoms with Crippen LogP contribution in [0, 0.1) is 5.41 Å². The van der Waals surface area contributed by atoms with Gasteiger partial charge in [-0.05, 0) is 38.0 Å². The Morgan fingerprint density at radius 1 is 1.47 bits per heavy atom. The minimum absolute atomic E-state index is 0.319. The Kier molecular flexibility index (Phi) is 4.51. The molecule has 0 unspecified atom stereocenters. The molecule has 5 heteroatoms. The van der Waals surface area contributed by atoms with E-state index in [1.807, 2.05) is 0 Å². The summed E-state index contributed by atoms with van der Waals surface area (Å²) < 4.78 is 24.4. The number of aliphatic carboxylic acids is 1.